The minimum atomic E-state index is -1.29. The fourth-order valence-electron chi connectivity index (χ4n) is 2.88. The molecule has 1 aliphatic carbocycles. The normalized spacial score (nSPS) is 18.0. The highest BCUT2D eigenvalue weighted by atomic mass is 16.6. The standard InChI is InChI=1S/C17H22O6/c1-5-22-15(18)17(16(19)23-6-2)10-12(17)11-8-7-9-13(20-3)14(11)21-4/h7-9,12H,5-6,10H2,1-4H3. The molecule has 6 nitrogen and oxygen atoms in total. The lowest BCUT2D eigenvalue weighted by Gasteiger charge is -2.17. The zero-order chi connectivity index (χ0) is 17.0. The van der Waals surface area contributed by atoms with Crippen LogP contribution in [0.2, 0.25) is 0 Å². The molecule has 1 aromatic carbocycles. The molecule has 1 atom stereocenters. The zero-order valence-corrected chi connectivity index (χ0v) is 13.9. The first kappa shape index (κ1) is 17.1. The van der Waals surface area contributed by atoms with E-state index >= 15 is 0 Å². The third-order valence-corrected chi connectivity index (χ3v) is 4.05. The van der Waals surface area contributed by atoms with Crippen LogP contribution < -0.4 is 9.47 Å². The van der Waals surface area contributed by atoms with Gasteiger partial charge in [-0.15, -0.1) is 0 Å². The van der Waals surface area contributed by atoms with Crippen LogP contribution in [0.5, 0.6) is 11.5 Å². The van der Waals surface area contributed by atoms with E-state index in [0.717, 1.165) is 5.56 Å². The van der Waals surface area contributed by atoms with E-state index in [1.54, 1.807) is 33.1 Å². The van der Waals surface area contributed by atoms with Gasteiger partial charge in [0, 0.05) is 11.5 Å². The molecule has 0 spiro atoms. The summed E-state index contributed by atoms with van der Waals surface area (Å²) in [4.78, 5) is 24.8. The molecule has 23 heavy (non-hydrogen) atoms. The molecule has 1 saturated carbocycles. The molecular formula is C17H22O6. The van der Waals surface area contributed by atoms with Gasteiger partial charge in [-0.2, -0.15) is 0 Å². The Morgan fingerprint density at radius 3 is 2.17 bits per heavy atom. The van der Waals surface area contributed by atoms with Crippen LogP contribution in [0.3, 0.4) is 0 Å². The number of hydrogen-bond acceptors (Lipinski definition) is 6. The minimum absolute atomic E-state index is 0.210. The molecule has 6 heteroatoms. The molecule has 2 rings (SSSR count). The van der Waals surface area contributed by atoms with E-state index in [1.165, 1.54) is 7.11 Å². The lowest BCUT2D eigenvalue weighted by Crippen LogP contribution is -2.31. The Balaban J connectivity index is 2.41. The number of hydrogen-bond donors (Lipinski definition) is 0. The summed E-state index contributed by atoms with van der Waals surface area (Å²) in [6, 6.07) is 5.39. The van der Waals surface area contributed by atoms with Gasteiger partial charge in [-0.1, -0.05) is 12.1 Å². The Morgan fingerprint density at radius 2 is 1.70 bits per heavy atom. The molecule has 0 amide bonds. The van der Waals surface area contributed by atoms with E-state index in [4.69, 9.17) is 18.9 Å². The molecule has 1 fully saturated rings. The maximum Gasteiger partial charge on any atom is 0.324 e. The van der Waals surface area contributed by atoms with Crippen molar-refractivity contribution in [3.8, 4) is 11.5 Å². The summed E-state index contributed by atoms with van der Waals surface area (Å²) >= 11 is 0. The summed E-state index contributed by atoms with van der Waals surface area (Å²) in [5.41, 5.74) is -0.543. The second-order valence-electron chi connectivity index (χ2n) is 5.25. The van der Waals surface area contributed by atoms with Crippen molar-refractivity contribution in [2.24, 2.45) is 5.41 Å². The van der Waals surface area contributed by atoms with Crippen molar-refractivity contribution in [1.29, 1.82) is 0 Å². The number of para-hydroxylation sites is 1. The maximum absolute atomic E-state index is 12.4. The van der Waals surface area contributed by atoms with Crippen molar-refractivity contribution in [2.75, 3.05) is 27.4 Å². The largest absolute Gasteiger partial charge is 0.493 e. The van der Waals surface area contributed by atoms with Crippen molar-refractivity contribution in [3.05, 3.63) is 23.8 Å². The van der Waals surface area contributed by atoms with Crippen LogP contribution in [-0.2, 0) is 19.1 Å². The number of ether oxygens (including phenoxy) is 4. The Kier molecular flexibility index (Phi) is 5.13. The van der Waals surface area contributed by atoms with Crippen molar-refractivity contribution < 1.29 is 28.5 Å². The molecule has 0 saturated heterocycles. The number of carbonyl (C=O) groups is 2. The fourth-order valence-corrected chi connectivity index (χ4v) is 2.88. The molecular weight excluding hydrogens is 300 g/mol. The first-order valence-electron chi connectivity index (χ1n) is 7.62. The molecule has 1 aromatic rings. The van der Waals surface area contributed by atoms with Crippen LogP contribution in [0.15, 0.2) is 18.2 Å². The van der Waals surface area contributed by atoms with E-state index in [0.29, 0.717) is 17.9 Å². The van der Waals surface area contributed by atoms with Gasteiger partial charge in [-0.05, 0) is 26.3 Å². The highest BCUT2D eigenvalue weighted by Gasteiger charge is 2.69. The van der Waals surface area contributed by atoms with E-state index in [-0.39, 0.29) is 19.1 Å². The molecule has 1 aliphatic rings. The first-order valence-corrected chi connectivity index (χ1v) is 7.62. The summed E-state index contributed by atoms with van der Waals surface area (Å²) in [7, 11) is 3.07. The number of methoxy groups -OCH3 is 2. The van der Waals surface area contributed by atoms with Gasteiger partial charge in [0.2, 0.25) is 0 Å². The van der Waals surface area contributed by atoms with Crippen molar-refractivity contribution in [3.63, 3.8) is 0 Å². The Labute approximate surface area is 135 Å². The quantitative estimate of drug-likeness (QED) is 0.567. The van der Waals surface area contributed by atoms with Crippen LogP contribution >= 0.6 is 0 Å². The predicted octanol–water partition coefficient (Wildman–Crippen LogP) is 2.30. The van der Waals surface area contributed by atoms with E-state index < -0.39 is 17.4 Å². The lowest BCUT2D eigenvalue weighted by molar-refractivity contribution is -0.164. The van der Waals surface area contributed by atoms with E-state index in [1.807, 2.05) is 6.07 Å². The molecule has 0 radical (unpaired) electrons. The highest BCUT2D eigenvalue weighted by molar-refractivity contribution is 6.05. The van der Waals surface area contributed by atoms with Crippen LogP contribution in [0.1, 0.15) is 31.7 Å². The fraction of sp³-hybridized carbons (Fsp3) is 0.529. The second kappa shape index (κ2) is 6.89. The van der Waals surface area contributed by atoms with Gasteiger partial charge in [0.15, 0.2) is 16.9 Å². The summed E-state index contributed by atoms with van der Waals surface area (Å²) in [6.45, 7) is 3.84. The minimum Gasteiger partial charge on any atom is -0.493 e. The SMILES string of the molecule is CCOC(=O)C1(C(=O)OCC)CC1c1cccc(OC)c1OC. The number of benzene rings is 1. The van der Waals surface area contributed by atoms with Crippen LogP contribution in [0.25, 0.3) is 0 Å². The molecule has 1 unspecified atom stereocenters. The van der Waals surface area contributed by atoms with E-state index in [2.05, 4.69) is 0 Å². The molecule has 0 heterocycles. The maximum atomic E-state index is 12.4. The Morgan fingerprint density at radius 1 is 1.09 bits per heavy atom. The summed E-state index contributed by atoms with van der Waals surface area (Å²) in [6.07, 6.45) is 0.341. The molecule has 0 aromatic heterocycles. The predicted molar refractivity (Wildman–Crippen MR) is 82.6 cm³/mol. The van der Waals surface area contributed by atoms with Crippen LogP contribution in [-0.4, -0.2) is 39.4 Å². The van der Waals surface area contributed by atoms with Crippen molar-refractivity contribution in [2.45, 2.75) is 26.2 Å². The lowest BCUT2D eigenvalue weighted by atomic mass is 9.98. The molecule has 0 N–H and O–H groups in total. The topological polar surface area (TPSA) is 71.1 Å². The number of esters is 2. The number of rotatable bonds is 7. The smallest absolute Gasteiger partial charge is 0.324 e. The van der Waals surface area contributed by atoms with E-state index in [9.17, 15) is 9.59 Å². The molecule has 0 bridgehead atoms. The van der Waals surface area contributed by atoms with Crippen molar-refractivity contribution in [1.82, 2.24) is 0 Å². The third-order valence-electron chi connectivity index (χ3n) is 4.05. The average molecular weight is 322 g/mol. The molecule has 0 aliphatic heterocycles. The monoisotopic (exact) mass is 322 g/mol. The Bertz CT molecular complexity index is 577. The zero-order valence-electron chi connectivity index (χ0n) is 13.9. The van der Waals surface area contributed by atoms with Crippen LogP contribution in [0, 0.1) is 5.41 Å². The van der Waals surface area contributed by atoms with Gasteiger partial charge in [-0.25, -0.2) is 0 Å². The van der Waals surface area contributed by atoms with Gasteiger partial charge in [0.05, 0.1) is 27.4 Å². The van der Waals surface area contributed by atoms with Gasteiger partial charge >= 0.3 is 11.9 Å². The summed E-state index contributed by atoms with van der Waals surface area (Å²) in [5, 5.41) is 0. The van der Waals surface area contributed by atoms with Crippen LogP contribution in [0.4, 0.5) is 0 Å². The second-order valence-corrected chi connectivity index (χ2v) is 5.25. The van der Waals surface area contributed by atoms with Gasteiger partial charge in [0.25, 0.3) is 0 Å². The number of carbonyl (C=O) groups excluding carboxylic acids is 2. The average Bonchev–Trinajstić information content (AvgIpc) is 3.31. The Hall–Kier alpha value is -2.24. The summed E-state index contributed by atoms with van der Waals surface area (Å²) in [5.74, 6) is -0.360. The van der Waals surface area contributed by atoms with Gasteiger partial charge in [0.1, 0.15) is 0 Å². The van der Waals surface area contributed by atoms with Gasteiger partial charge < -0.3 is 18.9 Å². The summed E-state index contributed by atoms with van der Waals surface area (Å²) < 4.78 is 20.9. The molecule has 126 valence electrons. The highest BCUT2D eigenvalue weighted by Crippen LogP contribution is 2.63. The first-order chi connectivity index (χ1) is 11.1. The van der Waals surface area contributed by atoms with Gasteiger partial charge in [-0.3, -0.25) is 9.59 Å². The third kappa shape index (κ3) is 2.85. The van der Waals surface area contributed by atoms with Crippen molar-refractivity contribution >= 4 is 11.9 Å².